The van der Waals surface area contributed by atoms with Crippen molar-refractivity contribution in [1.29, 1.82) is 0 Å². The van der Waals surface area contributed by atoms with Gasteiger partial charge in [0, 0.05) is 19.1 Å². The SMILES string of the molecule is CC(C)CC(CO)Cn1cnc2c(Cl)nc(N)nc21. The number of aliphatic hydroxyl groups is 1. The van der Waals surface area contributed by atoms with Gasteiger partial charge in [0.1, 0.15) is 5.52 Å². The van der Waals surface area contributed by atoms with Crippen LogP contribution in [0.3, 0.4) is 0 Å². The molecule has 0 spiro atoms. The van der Waals surface area contributed by atoms with Crippen LogP contribution in [0.25, 0.3) is 11.2 Å². The predicted molar refractivity (Wildman–Crippen MR) is 74.8 cm³/mol. The number of hydrogen-bond acceptors (Lipinski definition) is 5. The molecule has 2 aromatic rings. The van der Waals surface area contributed by atoms with Crippen LogP contribution in [0.4, 0.5) is 5.95 Å². The van der Waals surface area contributed by atoms with E-state index in [9.17, 15) is 5.11 Å². The van der Waals surface area contributed by atoms with E-state index in [0.29, 0.717) is 23.6 Å². The highest BCUT2D eigenvalue weighted by Crippen LogP contribution is 2.21. The molecule has 0 aromatic carbocycles. The Kier molecular flexibility index (Phi) is 4.21. The van der Waals surface area contributed by atoms with E-state index in [1.807, 2.05) is 4.57 Å². The molecular weight excluding hydrogens is 266 g/mol. The van der Waals surface area contributed by atoms with E-state index in [1.165, 1.54) is 0 Å². The number of fused-ring (bicyclic) bond motifs is 1. The summed E-state index contributed by atoms with van der Waals surface area (Å²) in [7, 11) is 0. The number of anilines is 1. The third-order valence-electron chi connectivity index (χ3n) is 2.96. The van der Waals surface area contributed by atoms with E-state index in [2.05, 4.69) is 28.8 Å². The zero-order valence-electron chi connectivity index (χ0n) is 11.0. The Hall–Kier alpha value is -1.40. The van der Waals surface area contributed by atoms with Crippen molar-refractivity contribution in [2.45, 2.75) is 26.8 Å². The quantitative estimate of drug-likeness (QED) is 0.816. The number of nitrogens with zero attached hydrogens (tertiary/aromatic N) is 4. The highest BCUT2D eigenvalue weighted by atomic mass is 35.5. The fraction of sp³-hybridized carbons (Fsp3) is 0.583. The van der Waals surface area contributed by atoms with E-state index in [1.54, 1.807) is 6.33 Å². The van der Waals surface area contributed by atoms with Crippen molar-refractivity contribution in [3.05, 3.63) is 11.5 Å². The Balaban J connectivity index is 2.30. The molecule has 0 aliphatic rings. The van der Waals surface area contributed by atoms with Gasteiger partial charge in [-0.3, -0.25) is 0 Å². The molecule has 19 heavy (non-hydrogen) atoms. The van der Waals surface area contributed by atoms with E-state index >= 15 is 0 Å². The van der Waals surface area contributed by atoms with Crippen molar-refractivity contribution in [3.63, 3.8) is 0 Å². The van der Waals surface area contributed by atoms with Crippen LogP contribution < -0.4 is 5.73 Å². The van der Waals surface area contributed by atoms with E-state index in [0.717, 1.165) is 6.42 Å². The first-order valence-corrected chi connectivity index (χ1v) is 6.63. The first kappa shape index (κ1) is 14.0. The normalized spacial score (nSPS) is 13.3. The monoisotopic (exact) mass is 283 g/mol. The molecule has 1 unspecified atom stereocenters. The van der Waals surface area contributed by atoms with Crippen molar-refractivity contribution in [2.24, 2.45) is 11.8 Å². The lowest BCUT2D eigenvalue weighted by Crippen LogP contribution is -2.16. The molecule has 3 N–H and O–H groups in total. The van der Waals surface area contributed by atoms with Crippen LogP contribution in [0.15, 0.2) is 6.33 Å². The van der Waals surface area contributed by atoms with Crippen LogP contribution in [-0.4, -0.2) is 31.2 Å². The standard InChI is InChI=1S/C12H18ClN5O/c1-7(2)3-8(5-19)4-18-6-15-9-10(13)16-12(14)17-11(9)18/h6-8,19H,3-5H2,1-2H3,(H2,14,16,17). The molecular formula is C12H18ClN5O. The Morgan fingerprint density at radius 3 is 2.79 bits per heavy atom. The third kappa shape index (κ3) is 3.13. The summed E-state index contributed by atoms with van der Waals surface area (Å²) >= 11 is 5.97. The van der Waals surface area contributed by atoms with Gasteiger partial charge in [-0.1, -0.05) is 25.4 Å². The second-order valence-corrected chi connectivity index (χ2v) is 5.48. The summed E-state index contributed by atoms with van der Waals surface area (Å²) in [5, 5.41) is 9.69. The smallest absolute Gasteiger partial charge is 0.223 e. The summed E-state index contributed by atoms with van der Waals surface area (Å²) in [5.74, 6) is 0.811. The predicted octanol–water partition coefficient (Wildman–Crippen LogP) is 1.72. The number of rotatable bonds is 5. The lowest BCUT2D eigenvalue weighted by atomic mass is 9.98. The molecule has 0 fully saturated rings. The molecule has 0 aliphatic carbocycles. The molecule has 0 bridgehead atoms. The molecule has 0 saturated carbocycles. The van der Waals surface area contributed by atoms with Gasteiger partial charge in [-0.25, -0.2) is 4.98 Å². The molecule has 2 aromatic heterocycles. The van der Waals surface area contributed by atoms with Gasteiger partial charge in [-0.15, -0.1) is 0 Å². The summed E-state index contributed by atoms with van der Waals surface area (Å²) in [5.41, 5.74) is 6.75. The van der Waals surface area contributed by atoms with Gasteiger partial charge in [0.2, 0.25) is 5.95 Å². The maximum Gasteiger partial charge on any atom is 0.223 e. The number of aliphatic hydroxyl groups excluding tert-OH is 1. The maximum atomic E-state index is 9.44. The van der Waals surface area contributed by atoms with Crippen molar-refractivity contribution in [2.75, 3.05) is 12.3 Å². The van der Waals surface area contributed by atoms with Gasteiger partial charge in [0.25, 0.3) is 0 Å². The fourth-order valence-electron chi connectivity index (χ4n) is 2.21. The van der Waals surface area contributed by atoms with Crippen molar-refractivity contribution in [1.82, 2.24) is 19.5 Å². The summed E-state index contributed by atoms with van der Waals surface area (Å²) < 4.78 is 1.86. The number of halogens is 1. The van der Waals surface area contributed by atoms with Gasteiger partial charge in [0.05, 0.1) is 6.33 Å². The van der Waals surface area contributed by atoms with Crippen LogP contribution in [0, 0.1) is 11.8 Å². The summed E-state index contributed by atoms with van der Waals surface area (Å²) in [6.45, 7) is 5.03. The largest absolute Gasteiger partial charge is 0.396 e. The van der Waals surface area contributed by atoms with E-state index in [-0.39, 0.29) is 23.6 Å². The lowest BCUT2D eigenvalue weighted by Gasteiger charge is -2.17. The Morgan fingerprint density at radius 2 is 2.16 bits per heavy atom. The van der Waals surface area contributed by atoms with E-state index in [4.69, 9.17) is 17.3 Å². The minimum Gasteiger partial charge on any atom is -0.396 e. The zero-order chi connectivity index (χ0) is 14.0. The van der Waals surface area contributed by atoms with Crippen LogP contribution >= 0.6 is 11.6 Å². The molecule has 104 valence electrons. The molecule has 6 nitrogen and oxygen atoms in total. The summed E-state index contributed by atoms with van der Waals surface area (Å²) in [6, 6.07) is 0. The number of nitrogens with two attached hydrogens (primary N) is 1. The number of nitrogen functional groups attached to an aromatic ring is 1. The van der Waals surface area contributed by atoms with Crippen molar-refractivity contribution < 1.29 is 5.11 Å². The van der Waals surface area contributed by atoms with Gasteiger partial charge in [0.15, 0.2) is 10.8 Å². The Bertz CT molecular complexity index is 568. The third-order valence-corrected chi connectivity index (χ3v) is 3.22. The summed E-state index contributed by atoms with van der Waals surface area (Å²) in [4.78, 5) is 12.2. The van der Waals surface area contributed by atoms with Gasteiger partial charge in [-0.05, 0) is 12.3 Å². The van der Waals surface area contributed by atoms with Crippen molar-refractivity contribution >= 4 is 28.7 Å². The molecule has 0 amide bonds. The molecule has 2 heterocycles. The lowest BCUT2D eigenvalue weighted by molar-refractivity contribution is 0.191. The van der Waals surface area contributed by atoms with Crippen LogP contribution in [0.1, 0.15) is 20.3 Å². The minimum atomic E-state index is 0.128. The van der Waals surface area contributed by atoms with Gasteiger partial charge in [-0.2, -0.15) is 9.97 Å². The minimum absolute atomic E-state index is 0.128. The maximum absolute atomic E-state index is 9.44. The van der Waals surface area contributed by atoms with Crippen LogP contribution in [0.5, 0.6) is 0 Å². The van der Waals surface area contributed by atoms with Gasteiger partial charge >= 0.3 is 0 Å². The number of hydrogen-bond donors (Lipinski definition) is 2. The molecule has 0 radical (unpaired) electrons. The fourth-order valence-corrected chi connectivity index (χ4v) is 2.43. The average molecular weight is 284 g/mol. The first-order chi connectivity index (χ1) is 9.01. The van der Waals surface area contributed by atoms with Crippen molar-refractivity contribution in [3.8, 4) is 0 Å². The summed E-state index contributed by atoms with van der Waals surface area (Å²) in [6.07, 6.45) is 2.60. The Labute approximate surface area is 116 Å². The molecule has 1 atom stereocenters. The Morgan fingerprint density at radius 1 is 1.42 bits per heavy atom. The topological polar surface area (TPSA) is 89.8 Å². The van der Waals surface area contributed by atoms with Crippen LogP contribution in [-0.2, 0) is 6.54 Å². The average Bonchev–Trinajstić information content (AvgIpc) is 2.71. The highest BCUT2D eigenvalue weighted by molar-refractivity contribution is 6.33. The van der Waals surface area contributed by atoms with E-state index < -0.39 is 0 Å². The molecule has 0 aliphatic heterocycles. The molecule has 0 saturated heterocycles. The van der Waals surface area contributed by atoms with Gasteiger partial charge < -0.3 is 15.4 Å². The second-order valence-electron chi connectivity index (χ2n) is 5.12. The van der Waals surface area contributed by atoms with Crippen LogP contribution in [0.2, 0.25) is 5.15 Å². The zero-order valence-corrected chi connectivity index (χ0v) is 11.8. The highest BCUT2D eigenvalue weighted by Gasteiger charge is 2.15. The first-order valence-electron chi connectivity index (χ1n) is 6.26. The number of imidazole rings is 1. The second kappa shape index (κ2) is 5.71. The number of aromatic nitrogens is 4. The molecule has 2 rings (SSSR count). The molecule has 7 heteroatoms.